The first-order valence-electron chi connectivity index (χ1n) is 8.90. The van der Waals surface area contributed by atoms with E-state index in [1.54, 1.807) is 32.4 Å². The zero-order chi connectivity index (χ0) is 19.9. The van der Waals surface area contributed by atoms with E-state index in [9.17, 15) is 4.79 Å². The summed E-state index contributed by atoms with van der Waals surface area (Å²) in [4.78, 5) is 14.0. The van der Waals surface area contributed by atoms with Gasteiger partial charge in [0.05, 0.1) is 20.4 Å². The van der Waals surface area contributed by atoms with Crippen LogP contribution in [0.4, 0.5) is 0 Å². The highest BCUT2D eigenvalue weighted by atomic mass is 16.5. The number of fused-ring (bicyclic) bond motifs is 1. The fraction of sp³-hybridized carbons (Fsp3) is 0.286. The Hall–Kier alpha value is -3.35. The van der Waals surface area contributed by atoms with Crippen LogP contribution < -0.4 is 14.2 Å². The largest absolute Gasteiger partial charge is 0.493 e. The number of rotatable bonds is 8. The van der Waals surface area contributed by atoms with Crippen molar-refractivity contribution in [3.8, 4) is 17.4 Å². The summed E-state index contributed by atoms with van der Waals surface area (Å²) in [5, 5.41) is 9.67. The van der Waals surface area contributed by atoms with Crippen molar-refractivity contribution in [2.45, 2.75) is 6.42 Å². The average molecular weight is 381 g/mol. The summed E-state index contributed by atoms with van der Waals surface area (Å²) in [5.74, 6) is 1.59. The van der Waals surface area contributed by atoms with E-state index in [1.165, 1.54) is 0 Å². The maximum absolute atomic E-state index is 12.4. The molecule has 3 aromatic rings. The van der Waals surface area contributed by atoms with Gasteiger partial charge in [0.15, 0.2) is 18.1 Å². The second-order valence-corrected chi connectivity index (χ2v) is 6.28. The Morgan fingerprint density at radius 2 is 1.86 bits per heavy atom. The minimum atomic E-state index is -0.129. The molecule has 0 aliphatic rings. The Labute approximate surface area is 163 Å². The summed E-state index contributed by atoms with van der Waals surface area (Å²) in [6.07, 6.45) is 2.36. The predicted octanol–water partition coefficient (Wildman–Crippen LogP) is 2.73. The Bertz CT molecular complexity index is 956. The van der Waals surface area contributed by atoms with E-state index in [2.05, 4.69) is 10.2 Å². The highest BCUT2D eigenvalue weighted by Crippen LogP contribution is 2.27. The smallest absolute Gasteiger partial charge is 0.260 e. The number of nitrogens with zero attached hydrogens (tertiary/aromatic N) is 3. The van der Waals surface area contributed by atoms with Crippen molar-refractivity contribution in [2.24, 2.45) is 0 Å². The zero-order valence-corrected chi connectivity index (χ0v) is 16.2. The number of aromatic nitrogens is 2. The minimum absolute atomic E-state index is 0.0921. The highest BCUT2D eigenvalue weighted by Gasteiger charge is 2.13. The molecule has 1 aromatic heterocycles. The van der Waals surface area contributed by atoms with E-state index in [0.717, 1.165) is 16.3 Å². The highest BCUT2D eigenvalue weighted by molar-refractivity contribution is 5.86. The van der Waals surface area contributed by atoms with Gasteiger partial charge in [0.1, 0.15) is 0 Å². The third kappa shape index (κ3) is 4.49. The molecule has 1 amide bonds. The maximum Gasteiger partial charge on any atom is 0.260 e. The monoisotopic (exact) mass is 381 g/mol. The Morgan fingerprint density at radius 3 is 2.64 bits per heavy atom. The van der Waals surface area contributed by atoms with Gasteiger partial charge in [0.2, 0.25) is 5.88 Å². The molecule has 0 fully saturated rings. The van der Waals surface area contributed by atoms with Gasteiger partial charge in [-0.3, -0.25) is 4.79 Å². The van der Waals surface area contributed by atoms with E-state index >= 15 is 0 Å². The lowest BCUT2D eigenvalue weighted by atomic mass is 10.1. The van der Waals surface area contributed by atoms with Crippen LogP contribution in [0.25, 0.3) is 10.8 Å². The van der Waals surface area contributed by atoms with Gasteiger partial charge in [0.25, 0.3) is 5.91 Å². The summed E-state index contributed by atoms with van der Waals surface area (Å²) in [6.45, 7) is 0.462. The third-order valence-corrected chi connectivity index (χ3v) is 4.48. The van der Waals surface area contributed by atoms with Crippen molar-refractivity contribution >= 4 is 16.7 Å². The molecule has 3 rings (SSSR count). The SMILES string of the molecule is COc1ccc(CCN(C)C(=O)COc2nncc3ccccc23)cc1OC. The molecule has 0 saturated heterocycles. The molecule has 0 spiro atoms. The number of carbonyl (C=O) groups excluding carboxylic acids is 1. The molecule has 0 atom stereocenters. The molecule has 28 heavy (non-hydrogen) atoms. The van der Waals surface area contributed by atoms with E-state index in [-0.39, 0.29) is 12.5 Å². The molecule has 146 valence electrons. The molecule has 7 nitrogen and oxygen atoms in total. The number of likely N-dealkylation sites (N-methyl/N-ethyl adjacent to an activating group) is 1. The van der Waals surface area contributed by atoms with E-state index in [1.807, 2.05) is 42.5 Å². The normalized spacial score (nSPS) is 10.5. The number of amides is 1. The molecule has 0 radical (unpaired) electrons. The fourth-order valence-corrected chi connectivity index (χ4v) is 2.81. The van der Waals surface area contributed by atoms with Crippen molar-refractivity contribution in [2.75, 3.05) is 34.4 Å². The van der Waals surface area contributed by atoms with Crippen LogP contribution in [0.2, 0.25) is 0 Å². The van der Waals surface area contributed by atoms with Crippen molar-refractivity contribution < 1.29 is 19.0 Å². The van der Waals surface area contributed by atoms with Gasteiger partial charge in [0, 0.05) is 24.4 Å². The fourth-order valence-electron chi connectivity index (χ4n) is 2.81. The first-order valence-corrected chi connectivity index (χ1v) is 8.90. The summed E-state index contributed by atoms with van der Waals surface area (Å²) in [7, 11) is 4.95. The van der Waals surface area contributed by atoms with Gasteiger partial charge in [-0.25, -0.2) is 0 Å². The van der Waals surface area contributed by atoms with Crippen molar-refractivity contribution in [3.63, 3.8) is 0 Å². The molecule has 7 heteroatoms. The summed E-state index contributed by atoms with van der Waals surface area (Å²) < 4.78 is 16.2. The maximum atomic E-state index is 12.4. The lowest BCUT2D eigenvalue weighted by molar-refractivity contribution is -0.132. The van der Waals surface area contributed by atoms with Crippen molar-refractivity contribution in [1.29, 1.82) is 0 Å². The summed E-state index contributed by atoms with van der Waals surface area (Å²) in [5.41, 5.74) is 1.05. The minimum Gasteiger partial charge on any atom is -0.493 e. The Kier molecular flexibility index (Phi) is 6.26. The standard InChI is InChI=1S/C21H23N3O4/c1-24(11-10-15-8-9-18(26-2)19(12-15)27-3)20(25)14-28-21-17-7-5-4-6-16(17)13-22-23-21/h4-9,12-13H,10-11,14H2,1-3H3. The molecule has 0 aliphatic heterocycles. The number of methoxy groups -OCH3 is 2. The van der Waals surface area contributed by atoms with Gasteiger partial charge < -0.3 is 19.1 Å². The topological polar surface area (TPSA) is 73.8 Å². The molecule has 0 bridgehead atoms. The number of ether oxygens (including phenoxy) is 3. The van der Waals surface area contributed by atoms with E-state index in [0.29, 0.717) is 30.3 Å². The summed E-state index contributed by atoms with van der Waals surface area (Å²) in [6, 6.07) is 13.4. The van der Waals surface area contributed by atoms with Gasteiger partial charge in [-0.15, -0.1) is 5.10 Å². The lowest BCUT2D eigenvalue weighted by Crippen LogP contribution is -2.33. The van der Waals surface area contributed by atoms with Gasteiger partial charge in [-0.1, -0.05) is 24.3 Å². The molecule has 1 heterocycles. The first kappa shape index (κ1) is 19.4. The van der Waals surface area contributed by atoms with Crippen LogP contribution in [-0.4, -0.2) is 55.4 Å². The first-order chi connectivity index (χ1) is 13.6. The van der Waals surface area contributed by atoms with E-state index in [4.69, 9.17) is 14.2 Å². The molecule has 0 N–H and O–H groups in total. The molecule has 0 aliphatic carbocycles. The molecule has 2 aromatic carbocycles. The lowest BCUT2D eigenvalue weighted by Gasteiger charge is -2.18. The second-order valence-electron chi connectivity index (χ2n) is 6.28. The quantitative estimate of drug-likeness (QED) is 0.597. The Balaban J connectivity index is 1.56. The number of hydrogen-bond acceptors (Lipinski definition) is 6. The zero-order valence-electron chi connectivity index (χ0n) is 16.2. The van der Waals surface area contributed by atoms with Gasteiger partial charge in [-0.05, 0) is 30.2 Å². The van der Waals surface area contributed by atoms with Crippen LogP contribution in [0.15, 0.2) is 48.7 Å². The van der Waals surface area contributed by atoms with Crippen LogP contribution in [0.3, 0.4) is 0 Å². The molecular formula is C21H23N3O4. The number of benzene rings is 2. The van der Waals surface area contributed by atoms with Crippen LogP contribution in [0.5, 0.6) is 17.4 Å². The van der Waals surface area contributed by atoms with Gasteiger partial charge in [-0.2, -0.15) is 5.10 Å². The van der Waals surface area contributed by atoms with Crippen LogP contribution in [0.1, 0.15) is 5.56 Å². The number of carbonyl (C=O) groups is 1. The second kappa shape index (κ2) is 9.03. The Morgan fingerprint density at radius 1 is 1.07 bits per heavy atom. The van der Waals surface area contributed by atoms with Crippen LogP contribution in [0, 0.1) is 0 Å². The third-order valence-electron chi connectivity index (χ3n) is 4.48. The molecule has 0 saturated carbocycles. The van der Waals surface area contributed by atoms with Crippen LogP contribution in [-0.2, 0) is 11.2 Å². The van der Waals surface area contributed by atoms with E-state index < -0.39 is 0 Å². The average Bonchev–Trinajstić information content (AvgIpc) is 2.75. The molecule has 0 unspecified atom stereocenters. The number of hydrogen-bond donors (Lipinski definition) is 0. The van der Waals surface area contributed by atoms with Crippen LogP contribution >= 0.6 is 0 Å². The van der Waals surface area contributed by atoms with Crippen molar-refractivity contribution in [1.82, 2.24) is 15.1 Å². The summed E-state index contributed by atoms with van der Waals surface area (Å²) >= 11 is 0. The molecular weight excluding hydrogens is 358 g/mol. The van der Waals surface area contributed by atoms with Gasteiger partial charge >= 0.3 is 0 Å². The van der Waals surface area contributed by atoms with Crippen molar-refractivity contribution in [3.05, 3.63) is 54.2 Å². The predicted molar refractivity (Wildman–Crippen MR) is 106 cm³/mol.